The van der Waals surface area contributed by atoms with E-state index in [-0.39, 0.29) is 48.3 Å². The molecule has 10 unspecified atom stereocenters. The zero-order valence-corrected chi connectivity index (χ0v) is 36.1. The van der Waals surface area contributed by atoms with Gasteiger partial charge in [-0.2, -0.15) is 0 Å². The zero-order chi connectivity index (χ0) is 42.2. The number of carbonyl (C=O) groups excluding carboxylic acids is 1. The van der Waals surface area contributed by atoms with Crippen molar-refractivity contribution in [1.29, 1.82) is 0 Å². The van der Waals surface area contributed by atoms with Crippen LogP contribution in [0.25, 0.3) is 0 Å². The van der Waals surface area contributed by atoms with Gasteiger partial charge in [-0.25, -0.2) is 0 Å². The van der Waals surface area contributed by atoms with Gasteiger partial charge >= 0.3 is 0 Å². The zero-order valence-electron chi connectivity index (χ0n) is 36.1. The topological polar surface area (TPSA) is 141 Å². The second-order valence-corrected chi connectivity index (χ2v) is 18.6. The van der Waals surface area contributed by atoms with Crippen LogP contribution in [0.2, 0.25) is 0 Å². The summed E-state index contributed by atoms with van der Waals surface area (Å²) >= 11 is 0. The van der Waals surface area contributed by atoms with Gasteiger partial charge in [0.15, 0.2) is 0 Å². The van der Waals surface area contributed by atoms with Crippen LogP contribution < -0.4 is 10.6 Å². The van der Waals surface area contributed by atoms with Crippen molar-refractivity contribution in [3.63, 3.8) is 0 Å². The number of hydrogen-bond donors (Lipinski definition) is 6. The summed E-state index contributed by atoms with van der Waals surface area (Å²) in [6.07, 6.45) is 21.5. The van der Waals surface area contributed by atoms with E-state index in [9.17, 15) is 25.2 Å². The first-order chi connectivity index (χ1) is 28.5. The number of allylic oxidation sites excluding steroid dienone is 9. The lowest BCUT2D eigenvalue weighted by Gasteiger charge is -2.61. The van der Waals surface area contributed by atoms with Crippen LogP contribution in [0.4, 0.5) is 0 Å². The van der Waals surface area contributed by atoms with E-state index in [2.05, 4.69) is 72.7 Å². The molecule has 59 heavy (non-hydrogen) atoms. The van der Waals surface area contributed by atoms with Crippen LogP contribution >= 0.6 is 0 Å². The average Bonchev–Trinajstić information content (AvgIpc) is 3.58. The van der Waals surface area contributed by atoms with Crippen molar-refractivity contribution >= 4 is 6.29 Å². The molecule has 0 saturated heterocycles. The van der Waals surface area contributed by atoms with E-state index in [1.165, 1.54) is 16.7 Å². The van der Waals surface area contributed by atoms with Gasteiger partial charge in [0.1, 0.15) is 13.1 Å². The van der Waals surface area contributed by atoms with E-state index in [4.69, 9.17) is 9.47 Å². The first-order valence-corrected chi connectivity index (χ1v) is 22.2. The van der Waals surface area contributed by atoms with Gasteiger partial charge in [-0.15, -0.1) is 0 Å². The van der Waals surface area contributed by atoms with Gasteiger partial charge in [-0.3, -0.25) is 4.79 Å². The molecule has 2 fully saturated rings. The van der Waals surface area contributed by atoms with Crippen LogP contribution in [-0.2, 0) is 27.1 Å². The highest BCUT2D eigenvalue weighted by Gasteiger charge is 2.68. The van der Waals surface area contributed by atoms with Crippen molar-refractivity contribution < 1.29 is 34.7 Å². The first kappa shape index (κ1) is 45.5. The molecule has 1 aliphatic heterocycles. The highest BCUT2D eigenvalue weighted by atomic mass is 16.6. The number of rotatable bonds is 16. The van der Waals surface area contributed by atoms with E-state index < -0.39 is 23.9 Å². The number of aliphatic hydroxyl groups is 4. The predicted octanol–water partition coefficient (Wildman–Crippen LogP) is 6.34. The van der Waals surface area contributed by atoms with Crippen molar-refractivity contribution in [3.05, 3.63) is 106 Å². The Labute approximate surface area is 353 Å². The van der Waals surface area contributed by atoms with Crippen LogP contribution in [0.15, 0.2) is 95.2 Å². The molecule has 6 bridgehead atoms. The molecular formula is C50H72N2O7. The monoisotopic (exact) mass is 813 g/mol. The molecule has 4 aliphatic carbocycles. The molecule has 0 aromatic heterocycles. The molecule has 0 radical (unpaired) electrons. The molecule has 9 nitrogen and oxygen atoms in total. The number of hydrogen-bond acceptors (Lipinski definition) is 9. The van der Waals surface area contributed by atoms with Gasteiger partial charge in [0.25, 0.3) is 0 Å². The Hall–Kier alpha value is -2.99. The largest absolute Gasteiger partial charge is 0.396 e. The van der Waals surface area contributed by atoms with Crippen molar-refractivity contribution in [2.24, 2.45) is 40.9 Å². The Bertz CT molecular complexity index is 1780. The number of ether oxygens (including phenoxy) is 2. The van der Waals surface area contributed by atoms with Gasteiger partial charge in [-0.05, 0) is 144 Å². The fourth-order valence-corrected chi connectivity index (χ4v) is 12.0. The lowest BCUT2D eigenvalue weighted by Crippen LogP contribution is -2.65. The number of fused-ring (bicyclic) bond motifs is 6. The van der Waals surface area contributed by atoms with Crippen molar-refractivity contribution in [2.75, 3.05) is 53.9 Å². The third-order valence-electron chi connectivity index (χ3n) is 15.0. The number of methoxy groups -OCH3 is 1. The van der Waals surface area contributed by atoms with Gasteiger partial charge in [0, 0.05) is 49.7 Å². The number of carbonyl (C=O) groups is 1. The van der Waals surface area contributed by atoms with E-state index in [1.54, 1.807) is 7.11 Å². The maximum Gasteiger partial charge on any atom is 0.145 e. The summed E-state index contributed by atoms with van der Waals surface area (Å²) < 4.78 is 11.2. The third-order valence-corrected chi connectivity index (χ3v) is 15.0. The van der Waals surface area contributed by atoms with Crippen molar-refractivity contribution in [1.82, 2.24) is 10.6 Å². The SMILES string of the molecule is C=C(C=CC=C(COCO)C1CCC2(C1O)C1C(=C(C)C=O)C(C=CC1CCO)CC2(O)CCNC)C1Cc2cccc(c2)CC(C)(CCOC)NCC2=CC1CCC2. The van der Waals surface area contributed by atoms with E-state index in [0.717, 1.165) is 68.1 Å². The molecule has 2 saturated carbocycles. The molecule has 6 rings (SSSR count). The fourth-order valence-electron chi connectivity index (χ4n) is 12.0. The van der Waals surface area contributed by atoms with E-state index >= 15 is 0 Å². The smallest absolute Gasteiger partial charge is 0.145 e. The van der Waals surface area contributed by atoms with Crippen LogP contribution in [-0.4, -0.2) is 97.8 Å². The van der Waals surface area contributed by atoms with E-state index in [1.807, 2.05) is 26.1 Å². The predicted molar refractivity (Wildman–Crippen MR) is 234 cm³/mol. The molecule has 5 aliphatic rings. The van der Waals surface area contributed by atoms with Crippen LogP contribution in [0, 0.1) is 40.9 Å². The molecule has 9 heteroatoms. The summed E-state index contributed by atoms with van der Waals surface area (Å²) in [5.41, 5.74) is 5.35. The van der Waals surface area contributed by atoms with Crippen molar-refractivity contribution in [3.8, 4) is 0 Å². The maximum absolute atomic E-state index is 12.9. The Kier molecular flexibility index (Phi) is 15.6. The Morgan fingerprint density at radius 3 is 2.69 bits per heavy atom. The van der Waals surface area contributed by atoms with Crippen molar-refractivity contribution in [2.45, 2.75) is 102 Å². The summed E-state index contributed by atoms with van der Waals surface area (Å²) in [4.78, 5) is 12.4. The molecule has 324 valence electrons. The lowest BCUT2D eigenvalue weighted by atomic mass is 9.45. The second-order valence-electron chi connectivity index (χ2n) is 18.6. The summed E-state index contributed by atoms with van der Waals surface area (Å²) in [6.45, 7) is 10.6. The summed E-state index contributed by atoms with van der Waals surface area (Å²) in [5.74, 6) is -0.381. The second kappa shape index (κ2) is 20.3. The molecule has 0 amide bonds. The fraction of sp³-hybridized carbons (Fsp3) is 0.620. The normalized spacial score (nSPS) is 35.6. The molecule has 1 spiro atoms. The average molecular weight is 813 g/mol. The molecule has 1 heterocycles. The number of nitrogens with one attached hydrogen (secondary N) is 2. The minimum Gasteiger partial charge on any atom is -0.396 e. The first-order valence-electron chi connectivity index (χ1n) is 22.2. The Morgan fingerprint density at radius 1 is 1.14 bits per heavy atom. The highest BCUT2D eigenvalue weighted by Crippen LogP contribution is 2.67. The maximum atomic E-state index is 12.9. The van der Waals surface area contributed by atoms with Gasteiger partial charge in [-0.1, -0.05) is 84.0 Å². The molecule has 1 aromatic carbocycles. The third kappa shape index (κ3) is 9.74. The Balaban J connectivity index is 1.32. The minimum absolute atomic E-state index is 0.0338. The van der Waals surface area contributed by atoms with Crippen LogP contribution in [0.1, 0.15) is 82.8 Å². The molecule has 6 N–H and O–H groups in total. The van der Waals surface area contributed by atoms with Gasteiger partial charge < -0.3 is 40.5 Å². The molecular weight excluding hydrogens is 741 g/mol. The molecule has 10 atom stereocenters. The number of aldehydes is 1. The summed E-state index contributed by atoms with van der Waals surface area (Å²) in [7, 11) is 3.64. The van der Waals surface area contributed by atoms with Crippen LogP contribution in [0.5, 0.6) is 0 Å². The standard InChI is InChI=1S/C50H72N2O7/c1-34(44-27-36-10-7-11-37(25-36)28-48(3,21-24-58-5)52-30-38-12-8-13-40(44)26-38)9-6-14-42(32-59-33-55)43-17-19-50(47(43)56)46-39(18-23-53)15-16-41(45(46)35(2)31-54)29-49(50,57)20-22-51-4/h6-7,9-11,14-16,25-26,31,39-41,43-44,46-47,51-53,55-57H,1,8,12-13,17-24,27-30,32-33H2,2-5H3. The number of aliphatic hydroxyl groups excluding tert-OH is 3. The van der Waals surface area contributed by atoms with E-state index in [0.29, 0.717) is 56.7 Å². The van der Waals surface area contributed by atoms with Gasteiger partial charge in [0.05, 0.1) is 18.3 Å². The summed E-state index contributed by atoms with van der Waals surface area (Å²) in [6, 6.07) is 9.02. The lowest BCUT2D eigenvalue weighted by molar-refractivity contribution is -0.194. The highest BCUT2D eigenvalue weighted by molar-refractivity contribution is 5.74. The van der Waals surface area contributed by atoms with Gasteiger partial charge in [0.2, 0.25) is 0 Å². The minimum atomic E-state index is -1.23. The quantitative estimate of drug-likeness (QED) is 0.0372. The molecule has 1 aromatic rings. The Morgan fingerprint density at radius 2 is 1.95 bits per heavy atom. The summed E-state index contributed by atoms with van der Waals surface area (Å²) in [5, 5.41) is 53.0. The van der Waals surface area contributed by atoms with Crippen LogP contribution in [0.3, 0.4) is 0 Å². The number of benzene rings is 1.